The lowest BCUT2D eigenvalue weighted by atomic mass is 9.96. The second kappa shape index (κ2) is 15.1. The molecule has 0 bridgehead atoms. The van der Waals surface area contributed by atoms with Gasteiger partial charge in [0.2, 0.25) is 5.91 Å². The number of ether oxygens (including phenoxy) is 3. The normalized spacial score (nSPS) is 19.1. The number of benzene rings is 5. The van der Waals surface area contributed by atoms with Crippen LogP contribution in [0, 0.1) is 6.92 Å². The topological polar surface area (TPSA) is 118 Å². The maximum absolute atomic E-state index is 14.0. The van der Waals surface area contributed by atoms with Gasteiger partial charge >= 0.3 is 0 Å². The molecule has 11 heteroatoms. The fraction of sp³-hybridized carbons (Fsp3) is 0.312. The Morgan fingerprint density at radius 3 is 2.07 bits per heavy atom. The number of fused-ring (bicyclic) bond motifs is 8. The highest BCUT2D eigenvalue weighted by molar-refractivity contribution is 7.82. The first-order valence-electron chi connectivity index (χ1n) is 20.1. The number of aliphatic hydroxyl groups is 1. The van der Waals surface area contributed by atoms with Crippen molar-refractivity contribution in [3.63, 3.8) is 0 Å². The van der Waals surface area contributed by atoms with Crippen LogP contribution in [0.3, 0.4) is 0 Å². The molecule has 4 aliphatic rings. The van der Waals surface area contributed by atoms with Crippen LogP contribution in [0.4, 0.5) is 17.1 Å². The van der Waals surface area contributed by atoms with Crippen molar-refractivity contribution in [1.29, 1.82) is 0 Å². The van der Waals surface area contributed by atoms with Gasteiger partial charge in [0.25, 0.3) is 11.8 Å². The van der Waals surface area contributed by atoms with Crippen molar-refractivity contribution in [1.82, 2.24) is 0 Å². The Labute approximate surface area is 349 Å². The molecule has 0 saturated heterocycles. The minimum Gasteiger partial charge on any atom is -0.493 e. The summed E-state index contributed by atoms with van der Waals surface area (Å²) in [5.41, 5.74) is 9.82. The van der Waals surface area contributed by atoms with Crippen LogP contribution in [0.15, 0.2) is 91.0 Å². The number of aryl methyl sites for hydroxylation is 2. The van der Waals surface area contributed by atoms with Gasteiger partial charge in [0.15, 0.2) is 11.5 Å². The van der Waals surface area contributed by atoms with E-state index in [-0.39, 0.29) is 43.0 Å². The number of anilines is 3. The largest absolute Gasteiger partial charge is 0.493 e. The van der Waals surface area contributed by atoms with Crippen LogP contribution in [0.1, 0.15) is 79.9 Å². The summed E-state index contributed by atoms with van der Waals surface area (Å²) in [5.74, 6) is 1.16. The van der Waals surface area contributed by atoms with E-state index >= 15 is 0 Å². The van der Waals surface area contributed by atoms with Crippen LogP contribution < -0.4 is 29.3 Å². The summed E-state index contributed by atoms with van der Waals surface area (Å²) in [4.78, 5) is 44.8. The Bertz CT molecular complexity index is 2530. The lowest BCUT2D eigenvalue weighted by Crippen LogP contribution is -2.43. The maximum Gasteiger partial charge on any atom is 0.258 e. The highest BCUT2D eigenvalue weighted by Gasteiger charge is 2.42. The Kier molecular flexibility index (Phi) is 9.92. The number of carbonyl (C=O) groups is 3. The van der Waals surface area contributed by atoms with Crippen molar-refractivity contribution in [3.8, 4) is 17.2 Å². The lowest BCUT2D eigenvalue weighted by molar-refractivity contribution is -0.117. The van der Waals surface area contributed by atoms with E-state index in [0.717, 1.165) is 64.0 Å². The molecular weight excluding hydrogens is 763 g/mol. The Morgan fingerprint density at radius 1 is 0.763 bits per heavy atom. The third-order valence-corrected chi connectivity index (χ3v) is 12.3. The van der Waals surface area contributed by atoms with Crippen LogP contribution in [0.2, 0.25) is 0 Å². The zero-order chi connectivity index (χ0) is 41.2. The minimum atomic E-state index is -0.926. The van der Waals surface area contributed by atoms with Gasteiger partial charge < -0.3 is 34.4 Å². The number of rotatable bonds is 9. The van der Waals surface area contributed by atoms with E-state index in [1.165, 1.54) is 5.56 Å². The van der Waals surface area contributed by atoms with Gasteiger partial charge in [-0.25, -0.2) is 0 Å². The summed E-state index contributed by atoms with van der Waals surface area (Å²) in [7, 11) is 1.57. The third-order valence-electron chi connectivity index (χ3n) is 12.0. The van der Waals surface area contributed by atoms with E-state index in [1.807, 2.05) is 90.7 Å². The van der Waals surface area contributed by atoms with Gasteiger partial charge in [0.05, 0.1) is 24.0 Å². The molecule has 9 rings (SSSR count). The summed E-state index contributed by atoms with van der Waals surface area (Å²) in [6.45, 7) is 5.67. The van der Waals surface area contributed by atoms with Gasteiger partial charge in [-0.1, -0.05) is 36.4 Å². The van der Waals surface area contributed by atoms with Gasteiger partial charge in [0.1, 0.15) is 19.0 Å². The first-order valence-corrected chi connectivity index (χ1v) is 20.6. The number of nitrogens with one attached hydrogen (secondary N) is 1. The zero-order valence-corrected chi connectivity index (χ0v) is 34.5. The number of aliphatic hydroxyl groups excluding tert-OH is 1. The molecule has 0 fully saturated rings. The number of amides is 3. The van der Waals surface area contributed by atoms with Gasteiger partial charge in [-0.3, -0.25) is 14.4 Å². The molecule has 2 N–H and O–H groups in total. The van der Waals surface area contributed by atoms with Gasteiger partial charge in [-0.2, -0.15) is 12.6 Å². The molecule has 0 saturated carbocycles. The molecule has 0 radical (unpaired) electrons. The molecule has 3 amide bonds. The SMILES string of the molecule is COc1cc2c(cc1OCc1cc(COc3cc4c(cc3C)C(=O)N3c5ccccc5C[C@H]3C(O)C4)cc(NC(=O)C(C)(C)S)c1)CC[C@@H]1Cc3ccccc3N1C2=O. The average Bonchev–Trinajstić information content (AvgIpc) is 3.73. The van der Waals surface area contributed by atoms with Crippen molar-refractivity contribution in [2.45, 2.75) is 89.0 Å². The van der Waals surface area contributed by atoms with Crippen molar-refractivity contribution < 1.29 is 33.7 Å². The second-order valence-corrected chi connectivity index (χ2v) is 17.7. The predicted octanol–water partition coefficient (Wildman–Crippen LogP) is 7.81. The van der Waals surface area contributed by atoms with Crippen molar-refractivity contribution in [2.24, 2.45) is 0 Å². The van der Waals surface area contributed by atoms with Crippen LogP contribution in [0.5, 0.6) is 17.2 Å². The molecule has 5 aromatic carbocycles. The summed E-state index contributed by atoms with van der Waals surface area (Å²) < 4.78 is 17.7. The fourth-order valence-corrected chi connectivity index (χ4v) is 9.09. The number of methoxy groups -OCH3 is 1. The molecule has 59 heavy (non-hydrogen) atoms. The highest BCUT2D eigenvalue weighted by atomic mass is 32.1. The Morgan fingerprint density at radius 2 is 1.37 bits per heavy atom. The van der Waals surface area contributed by atoms with E-state index in [0.29, 0.717) is 46.9 Å². The number of thiol groups is 1. The number of nitrogens with zero attached hydrogens (tertiary/aromatic N) is 2. The van der Waals surface area contributed by atoms with Crippen LogP contribution in [0.25, 0.3) is 0 Å². The van der Waals surface area contributed by atoms with Crippen molar-refractivity contribution >= 4 is 47.4 Å². The molecule has 302 valence electrons. The maximum atomic E-state index is 14.0. The average molecular weight is 810 g/mol. The first-order chi connectivity index (χ1) is 28.4. The van der Waals surface area contributed by atoms with E-state index in [1.54, 1.807) is 31.9 Å². The zero-order valence-electron chi connectivity index (χ0n) is 33.6. The molecular formula is C48H47N3O7S. The van der Waals surface area contributed by atoms with E-state index in [9.17, 15) is 19.5 Å². The number of hydrogen-bond acceptors (Lipinski definition) is 8. The Hall–Kier alpha value is -5.78. The molecule has 5 aromatic rings. The number of hydrogen-bond donors (Lipinski definition) is 3. The van der Waals surface area contributed by atoms with E-state index in [2.05, 4.69) is 24.0 Å². The standard InChI is InChI=1S/C48H47N3O7S/c1-27-15-36-33(21-41(52)40-20-32-10-6-8-12-39(32)51(40)46(36)54)23-42(27)57-25-28-16-29(18-34(17-28)49-47(55)48(2,3)59)26-58-44-22-30-13-14-35-19-31-9-5-7-11-38(31)50(35)45(53)37(30)24-43(44)56-4/h5-12,15-18,22-24,35,40-41,52,59H,13-14,19-21,25-26H2,1-4H3,(H,49,55)/t35-,40+,41?/m1/s1. The third kappa shape index (κ3) is 7.20. The highest BCUT2D eigenvalue weighted by Crippen LogP contribution is 2.42. The second-order valence-electron chi connectivity index (χ2n) is 16.6. The molecule has 1 unspecified atom stereocenters. The van der Waals surface area contributed by atoms with E-state index in [4.69, 9.17) is 14.2 Å². The predicted molar refractivity (Wildman–Crippen MR) is 230 cm³/mol. The molecule has 4 heterocycles. The fourth-order valence-electron chi connectivity index (χ4n) is 9.03. The molecule has 0 aromatic heterocycles. The molecule has 0 spiro atoms. The summed E-state index contributed by atoms with van der Waals surface area (Å²) in [6.07, 6.45) is 2.58. The van der Waals surface area contributed by atoms with Crippen LogP contribution in [-0.2, 0) is 43.7 Å². The summed E-state index contributed by atoms with van der Waals surface area (Å²) in [6, 6.07) is 28.8. The molecule has 0 aliphatic carbocycles. The van der Waals surface area contributed by atoms with Crippen molar-refractivity contribution in [2.75, 3.05) is 22.2 Å². The van der Waals surface area contributed by atoms with Crippen LogP contribution >= 0.6 is 12.6 Å². The first kappa shape index (κ1) is 38.7. The molecule has 4 aliphatic heterocycles. The Balaban J connectivity index is 0.966. The van der Waals surface area contributed by atoms with Crippen LogP contribution in [-0.4, -0.2) is 52.9 Å². The quantitative estimate of drug-likeness (QED) is 0.130. The van der Waals surface area contributed by atoms with Gasteiger partial charge in [-0.15, -0.1) is 0 Å². The number of carbonyl (C=O) groups excluding carboxylic acids is 3. The summed E-state index contributed by atoms with van der Waals surface area (Å²) >= 11 is 4.48. The molecule has 3 atom stereocenters. The van der Waals surface area contributed by atoms with E-state index < -0.39 is 10.9 Å². The smallest absolute Gasteiger partial charge is 0.258 e. The number of para-hydroxylation sites is 2. The van der Waals surface area contributed by atoms with Gasteiger partial charge in [0, 0.05) is 40.7 Å². The minimum absolute atomic E-state index is 0.0314. The lowest BCUT2D eigenvalue weighted by Gasteiger charge is -2.26. The molecule has 10 nitrogen and oxygen atoms in total. The monoisotopic (exact) mass is 809 g/mol. The van der Waals surface area contributed by atoms with Crippen molar-refractivity contribution in [3.05, 3.63) is 141 Å². The van der Waals surface area contributed by atoms with Gasteiger partial charge in [-0.05, 0) is 140 Å². The summed E-state index contributed by atoms with van der Waals surface area (Å²) in [5, 5.41) is 14.4.